The van der Waals surface area contributed by atoms with Gasteiger partial charge in [0, 0.05) is 12.0 Å². The highest BCUT2D eigenvalue weighted by Crippen LogP contribution is 2.29. The van der Waals surface area contributed by atoms with Gasteiger partial charge in [-0.05, 0) is 28.4 Å². The summed E-state index contributed by atoms with van der Waals surface area (Å²) in [5, 5.41) is 15.7. The number of rotatable bonds is 7. The summed E-state index contributed by atoms with van der Waals surface area (Å²) in [5.74, 6) is -0.154. The van der Waals surface area contributed by atoms with E-state index in [-0.39, 0.29) is 24.0 Å². The molecule has 2 N–H and O–H groups in total. The van der Waals surface area contributed by atoms with Gasteiger partial charge < -0.3 is 4.74 Å². The van der Waals surface area contributed by atoms with Crippen LogP contribution in [0.1, 0.15) is 13.3 Å². The molecule has 0 aliphatic rings. The van der Waals surface area contributed by atoms with Gasteiger partial charge in [-0.2, -0.15) is 0 Å². The Kier molecular flexibility index (Phi) is 5.90. The van der Waals surface area contributed by atoms with E-state index in [2.05, 4.69) is 15.9 Å². The molecular weight excluding hydrogens is 352 g/mol. The molecule has 0 spiro atoms. The number of nitrogens with zero attached hydrogens (tertiary/aromatic N) is 1. The zero-order chi connectivity index (χ0) is 15.3. The molecule has 0 saturated carbocycles. The maximum Gasteiger partial charge on any atom is 0.273 e. The van der Waals surface area contributed by atoms with Crippen molar-refractivity contribution in [2.75, 3.05) is 12.4 Å². The Bertz CT molecular complexity index is 590. The highest BCUT2D eigenvalue weighted by molar-refractivity contribution is 9.10. The molecular formula is C11H15BrN2O5S. The molecule has 0 amide bonds. The van der Waals surface area contributed by atoms with Crippen LogP contribution in [-0.4, -0.2) is 25.7 Å². The molecule has 1 aromatic carbocycles. The molecule has 0 bridgehead atoms. The van der Waals surface area contributed by atoms with E-state index in [4.69, 9.17) is 9.88 Å². The normalized spacial score (nSPS) is 12.9. The van der Waals surface area contributed by atoms with Crippen molar-refractivity contribution in [3.05, 3.63) is 32.8 Å². The van der Waals surface area contributed by atoms with Crippen LogP contribution in [0.3, 0.4) is 0 Å². The molecule has 0 aliphatic carbocycles. The lowest BCUT2D eigenvalue weighted by atomic mass is 10.1. The van der Waals surface area contributed by atoms with Crippen molar-refractivity contribution in [3.8, 4) is 5.75 Å². The van der Waals surface area contributed by atoms with Crippen LogP contribution in [-0.2, 0) is 10.0 Å². The fourth-order valence-corrected chi connectivity index (χ4v) is 2.89. The summed E-state index contributed by atoms with van der Waals surface area (Å²) >= 11 is 3.22. The Labute approximate surface area is 125 Å². The van der Waals surface area contributed by atoms with Crippen LogP contribution in [0.5, 0.6) is 5.75 Å². The minimum Gasteiger partial charge on any atom is -0.492 e. The van der Waals surface area contributed by atoms with Gasteiger partial charge in [-0.3, -0.25) is 10.1 Å². The Balaban J connectivity index is 2.77. The number of nitro groups is 1. The van der Waals surface area contributed by atoms with Crippen molar-refractivity contribution in [2.24, 2.45) is 11.1 Å². The lowest BCUT2D eigenvalue weighted by molar-refractivity contribution is -0.385. The van der Waals surface area contributed by atoms with Crippen LogP contribution in [0, 0.1) is 16.0 Å². The molecule has 20 heavy (non-hydrogen) atoms. The molecule has 0 fully saturated rings. The molecule has 1 aromatic rings. The van der Waals surface area contributed by atoms with Crippen LogP contribution < -0.4 is 9.88 Å². The Morgan fingerprint density at radius 1 is 1.50 bits per heavy atom. The van der Waals surface area contributed by atoms with E-state index < -0.39 is 14.9 Å². The fraction of sp³-hybridized carbons (Fsp3) is 0.455. The lowest BCUT2D eigenvalue weighted by Crippen LogP contribution is -2.26. The van der Waals surface area contributed by atoms with E-state index in [0.29, 0.717) is 16.6 Å². The highest BCUT2D eigenvalue weighted by atomic mass is 79.9. The summed E-state index contributed by atoms with van der Waals surface area (Å²) in [6.45, 7) is 1.94. The molecule has 7 nitrogen and oxygen atoms in total. The number of primary sulfonamides is 1. The summed E-state index contributed by atoms with van der Waals surface area (Å²) in [6, 6.07) is 4.14. The smallest absolute Gasteiger partial charge is 0.273 e. The molecule has 0 aliphatic heterocycles. The van der Waals surface area contributed by atoms with E-state index in [1.165, 1.54) is 18.2 Å². The third-order valence-electron chi connectivity index (χ3n) is 2.65. The number of sulfonamides is 1. The van der Waals surface area contributed by atoms with Gasteiger partial charge >= 0.3 is 0 Å². The SMILES string of the molecule is CCC(COc1cc([N+](=O)[O-])ccc1Br)CS(N)(=O)=O. The standard InChI is InChI=1S/C11H15BrN2O5S/c1-2-8(7-20(13,17)18)6-19-11-5-9(14(15)16)3-4-10(11)12/h3-5,8H,2,6-7H2,1H3,(H2,13,17,18). The minimum atomic E-state index is -3.57. The first-order valence-electron chi connectivity index (χ1n) is 5.80. The van der Waals surface area contributed by atoms with E-state index in [9.17, 15) is 18.5 Å². The number of hydrogen-bond donors (Lipinski definition) is 1. The number of hydrogen-bond acceptors (Lipinski definition) is 5. The second-order valence-electron chi connectivity index (χ2n) is 4.29. The summed E-state index contributed by atoms with van der Waals surface area (Å²) in [4.78, 5) is 10.2. The van der Waals surface area contributed by atoms with Gasteiger partial charge in [-0.25, -0.2) is 13.6 Å². The van der Waals surface area contributed by atoms with Gasteiger partial charge in [0.05, 0.1) is 27.8 Å². The van der Waals surface area contributed by atoms with Crippen molar-refractivity contribution in [3.63, 3.8) is 0 Å². The molecule has 1 atom stereocenters. The predicted molar refractivity (Wildman–Crippen MR) is 78.0 cm³/mol. The zero-order valence-corrected chi connectivity index (χ0v) is 13.2. The first kappa shape index (κ1) is 16.9. The summed E-state index contributed by atoms with van der Waals surface area (Å²) in [7, 11) is -3.57. The molecule has 0 heterocycles. The van der Waals surface area contributed by atoms with Gasteiger partial charge in [0.25, 0.3) is 5.69 Å². The number of halogens is 1. The van der Waals surface area contributed by atoms with Crippen LogP contribution in [0.25, 0.3) is 0 Å². The van der Waals surface area contributed by atoms with Crippen LogP contribution in [0.15, 0.2) is 22.7 Å². The topological polar surface area (TPSA) is 113 Å². The Morgan fingerprint density at radius 3 is 2.65 bits per heavy atom. The number of benzene rings is 1. The molecule has 1 rings (SSSR count). The highest BCUT2D eigenvalue weighted by Gasteiger charge is 2.17. The quantitative estimate of drug-likeness (QED) is 0.585. The van der Waals surface area contributed by atoms with Crippen molar-refractivity contribution in [2.45, 2.75) is 13.3 Å². The van der Waals surface area contributed by atoms with Crippen molar-refractivity contribution in [1.29, 1.82) is 0 Å². The maximum absolute atomic E-state index is 11.0. The van der Waals surface area contributed by atoms with Crippen LogP contribution >= 0.6 is 15.9 Å². The minimum absolute atomic E-state index is 0.0947. The third kappa shape index (κ3) is 5.43. The van der Waals surface area contributed by atoms with Crippen LogP contribution in [0.2, 0.25) is 0 Å². The van der Waals surface area contributed by atoms with Crippen molar-refractivity contribution < 1.29 is 18.1 Å². The predicted octanol–water partition coefficient (Wildman–Crippen LogP) is 2.05. The number of non-ortho nitro benzene ring substituents is 1. The second kappa shape index (κ2) is 7.00. The molecule has 0 saturated heterocycles. The van der Waals surface area contributed by atoms with E-state index in [1.54, 1.807) is 0 Å². The van der Waals surface area contributed by atoms with E-state index in [1.807, 2.05) is 6.92 Å². The summed E-state index contributed by atoms with van der Waals surface area (Å²) < 4.78 is 28.1. The average molecular weight is 367 g/mol. The van der Waals surface area contributed by atoms with Crippen LogP contribution in [0.4, 0.5) is 5.69 Å². The first-order valence-corrected chi connectivity index (χ1v) is 8.31. The fourth-order valence-electron chi connectivity index (χ4n) is 1.54. The van der Waals surface area contributed by atoms with Gasteiger partial charge in [0.15, 0.2) is 0 Å². The summed E-state index contributed by atoms with van der Waals surface area (Å²) in [5.41, 5.74) is -0.0947. The molecule has 9 heteroatoms. The number of nitrogens with two attached hydrogens (primary N) is 1. The number of ether oxygens (including phenoxy) is 1. The Hall–Kier alpha value is -1.19. The zero-order valence-electron chi connectivity index (χ0n) is 10.8. The largest absolute Gasteiger partial charge is 0.492 e. The molecule has 1 unspecified atom stereocenters. The third-order valence-corrected chi connectivity index (χ3v) is 4.24. The van der Waals surface area contributed by atoms with Gasteiger partial charge in [-0.1, -0.05) is 6.92 Å². The second-order valence-corrected chi connectivity index (χ2v) is 6.80. The van der Waals surface area contributed by atoms with Gasteiger partial charge in [-0.15, -0.1) is 0 Å². The number of nitro benzene ring substituents is 1. The lowest BCUT2D eigenvalue weighted by Gasteiger charge is -2.15. The van der Waals surface area contributed by atoms with Crippen molar-refractivity contribution in [1.82, 2.24) is 0 Å². The van der Waals surface area contributed by atoms with Gasteiger partial charge in [0.2, 0.25) is 10.0 Å². The van der Waals surface area contributed by atoms with E-state index in [0.717, 1.165) is 0 Å². The molecule has 112 valence electrons. The monoisotopic (exact) mass is 366 g/mol. The molecule has 0 radical (unpaired) electrons. The Morgan fingerprint density at radius 2 is 2.15 bits per heavy atom. The van der Waals surface area contributed by atoms with Crippen molar-refractivity contribution >= 4 is 31.6 Å². The first-order chi connectivity index (χ1) is 9.23. The summed E-state index contributed by atoms with van der Waals surface area (Å²) in [6.07, 6.45) is 0.572. The van der Waals surface area contributed by atoms with Gasteiger partial charge in [0.1, 0.15) is 5.75 Å². The molecule has 0 aromatic heterocycles. The average Bonchev–Trinajstić information content (AvgIpc) is 2.34. The van der Waals surface area contributed by atoms with E-state index >= 15 is 0 Å². The maximum atomic E-state index is 11.0.